The van der Waals surface area contributed by atoms with Crippen LogP contribution in [-0.2, 0) is 0 Å². The van der Waals surface area contributed by atoms with E-state index < -0.39 is 0 Å². The monoisotopic (exact) mass is 288 g/mol. The Kier molecular flexibility index (Phi) is 4.84. The Labute approximate surface area is 122 Å². The third kappa shape index (κ3) is 3.17. The summed E-state index contributed by atoms with van der Waals surface area (Å²) < 4.78 is 14.7. The minimum Gasteiger partial charge on any atom is -0.400 e. The molecule has 5 nitrogen and oxygen atoms in total. The Morgan fingerprint density at radius 1 is 1.19 bits per heavy atom. The van der Waals surface area contributed by atoms with Gasteiger partial charge in [-0.2, -0.15) is 5.10 Å². The van der Waals surface area contributed by atoms with Crippen LogP contribution in [0.3, 0.4) is 0 Å². The van der Waals surface area contributed by atoms with E-state index >= 15 is 0 Å². The Morgan fingerprint density at radius 2 is 1.90 bits per heavy atom. The van der Waals surface area contributed by atoms with Crippen molar-refractivity contribution >= 4 is 11.5 Å². The highest BCUT2D eigenvalue weighted by Gasteiger charge is 2.08. The molecule has 0 fully saturated rings. The van der Waals surface area contributed by atoms with E-state index in [0.29, 0.717) is 0 Å². The average Bonchev–Trinajstić information content (AvgIpc) is 2.94. The Morgan fingerprint density at radius 3 is 2.57 bits per heavy atom. The highest BCUT2D eigenvalue weighted by Crippen LogP contribution is 2.24. The Balaban J connectivity index is 0.000000774. The number of aromatic nitrogens is 3. The van der Waals surface area contributed by atoms with Crippen LogP contribution in [0, 0.1) is 5.82 Å². The van der Waals surface area contributed by atoms with E-state index in [-0.39, 0.29) is 5.82 Å². The topological polar surface area (TPSA) is 62.5 Å². The fraction of sp³-hybridized carbons (Fsp3) is 0.200. The molecule has 0 radical (unpaired) electrons. The zero-order chi connectivity index (χ0) is 15.2. The van der Waals surface area contributed by atoms with Gasteiger partial charge in [-0.15, -0.1) is 0 Å². The summed E-state index contributed by atoms with van der Waals surface area (Å²) in [5.41, 5.74) is 2.54. The molecular weight excluding hydrogens is 271 g/mol. The summed E-state index contributed by atoms with van der Waals surface area (Å²) >= 11 is 0. The number of hydrogen-bond donors (Lipinski definition) is 2. The predicted molar refractivity (Wildman–Crippen MR) is 80.7 cm³/mol. The van der Waals surface area contributed by atoms with Gasteiger partial charge in [0.1, 0.15) is 11.6 Å². The lowest BCUT2D eigenvalue weighted by Gasteiger charge is -2.03. The number of hydrogen-bond acceptors (Lipinski definition) is 4. The Bertz CT molecular complexity index is 709. The molecule has 0 aliphatic carbocycles. The van der Waals surface area contributed by atoms with Crippen LogP contribution in [0.4, 0.5) is 10.2 Å². The maximum absolute atomic E-state index is 13.0. The quantitative estimate of drug-likeness (QED) is 0.777. The molecule has 0 amide bonds. The molecule has 0 saturated heterocycles. The van der Waals surface area contributed by atoms with Crippen molar-refractivity contribution in [3.05, 3.63) is 48.5 Å². The molecule has 3 rings (SSSR count). The van der Waals surface area contributed by atoms with Gasteiger partial charge in [0.15, 0.2) is 5.65 Å². The Hall–Kier alpha value is -2.47. The molecule has 0 spiro atoms. The van der Waals surface area contributed by atoms with Gasteiger partial charge in [0.2, 0.25) is 0 Å². The van der Waals surface area contributed by atoms with E-state index in [0.717, 1.165) is 36.2 Å². The van der Waals surface area contributed by atoms with Crippen molar-refractivity contribution in [3.63, 3.8) is 0 Å². The van der Waals surface area contributed by atoms with Crippen molar-refractivity contribution in [2.24, 2.45) is 0 Å². The SMILES string of the molecule is CCNc1ccn2ncc(-c3ccc(F)cc3)c2n1.CO. The summed E-state index contributed by atoms with van der Waals surface area (Å²) in [6.07, 6.45) is 3.60. The molecule has 1 aromatic carbocycles. The normalized spacial score (nSPS) is 10.1. The van der Waals surface area contributed by atoms with Crippen LogP contribution in [0.5, 0.6) is 0 Å². The molecule has 2 heterocycles. The highest BCUT2D eigenvalue weighted by molar-refractivity contribution is 5.77. The first-order valence-corrected chi connectivity index (χ1v) is 6.57. The number of rotatable bonds is 3. The van der Waals surface area contributed by atoms with Gasteiger partial charge >= 0.3 is 0 Å². The van der Waals surface area contributed by atoms with E-state index in [4.69, 9.17) is 5.11 Å². The van der Waals surface area contributed by atoms with Gasteiger partial charge in [0.25, 0.3) is 0 Å². The minimum atomic E-state index is -0.249. The van der Waals surface area contributed by atoms with Crippen molar-refractivity contribution < 1.29 is 9.50 Å². The van der Waals surface area contributed by atoms with E-state index in [9.17, 15) is 4.39 Å². The van der Waals surface area contributed by atoms with Gasteiger partial charge in [-0.1, -0.05) is 12.1 Å². The zero-order valence-corrected chi connectivity index (χ0v) is 11.9. The molecule has 0 unspecified atom stereocenters. The summed E-state index contributed by atoms with van der Waals surface area (Å²) in [6, 6.07) is 8.21. The van der Waals surface area contributed by atoms with Crippen LogP contribution < -0.4 is 5.32 Å². The van der Waals surface area contributed by atoms with Crippen molar-refractivity contribution in [1.82, 2.24) is 14.6 Å². The van der Waals surface area contributed by atoms with Gasteiger partial charge in [-0.3, -0.25) is 0 Å². The summed E-state index contributed by atoms with van der Waals surface area (Å²) in [4.78, 5) is 4.52. The first-order valence-electron chi connectivity index (χ1n) is 6.57. The number of nitrogens with zero attached hydrogens (tertiary/aromatic N) is 3. The zero-order valence-electron chi connectivity index (χ0n) is 11.9. The summed E-state index contributed by atoms with van der Waals surface area (Å²) in [7, 11) is 1.00. The van der Waals surface area contributed by atoms with Crippen LogP contribution >= 0.6 is 0 Å². The van der Waals surface area contributed by atoms with Crippen molar-refractivity contribution in [2.75, 3.05) is 19.0 Å². The van der Waals surface area contributed by atoms with Crippen LogP contribution in [0.15, 0.2) is 42.7 Å². The number of halogens is 1. The lowest BCUT2D eigenvalue weighted by atomic mass is 10.1. The smallest absolute Gasteiger partial charge is 0.165 e. The van der Waals surface area contributed by atoms with Gasteiger partial charge in [0.05, 0.1) is 6.20 Å². The summed E-state index contributed by atoms with van der Waals surface area (Å²) in [5.74, 6) is 0.556. The summed E-state index contributed by atoms with van der Waals surface area (Å²) in [5, 5.41) is 14.4. The third-order valence-electron chi connectivity index (χ3n) is 2.88. The van der Waals surface area contributed by atoms with Gasteiger partial charge in [-0.05, 0) is 30.7 Å². The number of anilines is 1. The van der Waals surface area contributed by atoms with Crippen LogP contribution in [-0.4, -0.2) is 33.4 Å². The number of nitrogens with one attached hydrogen (secondary N) is 1. The minimum absolute atomic E-state index is 0.249. The van der Waals surface area contributed by atoms with E-state index in [1.54, 1.807) is 22.8 Å². The fourth-order valence-corrected chi connectivity index (χ4v) is 1.98. The van der Waals surface area contributed by atoms with Crippen molar-refractivity contribution in [3.8, 4) is 11.1 Å². The molecule has 110 valence electrons. The second-order valence-corrected chi connectivity index (χ2v) is 4.18. The number of aliphatic hydroxyl groups excluding tert-OH is 1. The highest BCUT2D eigenvalue weighted by atomic mass is 19.1. The number of fused-ring (bicyclic) bond motifs is 1. The molecule has 0 saturated carbocycles. The molecule has 2 aromatic heterocycles. The molecule has 0 aliphatic heterocycles. The molecule has 6 heteroatoms. The predicted octanol–water partition coefficient (Wildman–Crippen LogP) is 2.58. The van der Waals surface area contributed by atoms with Gasteiger partial charge < -0.3 is 10.4 Å². The third-order valence-corrected chi connectivity index (χ3v) is 2.88. The van der Waals surface area contributed by atoms with Crippen molar-refractivity contribution in [2.45, 2.75) is 6.92 Å². The van der Waals surface area contributed by atoms with Crippen LogP contribution in [0.2, 0.25) is 0 Å². The van der Waals surface area contributed by atoms with Gasteiger partial charge in [0, 0.05) is 25.4 Å². The maximum Gasteiger partial charge on any atom is 0.165 e. The largest absolute Gasteiger partial charge is 0.400 e. The van der Waals surface area contributed by atoms with Crippen LogP contribution in [0.25, 0.3) is 16.8 Å². The van der Waals surface area contributed by atoms with E-state index in [1.165, 1.54) is 12.1 Å². The van der Waals surface area contributed by atoms with Crippen molar-refractivity contribution in [1.29, 1.82) is 0 Å². The van der Waals surface area contributed by atoms with E-state index in [2.05, 4.69) is 15.4 Å². The lowest BCUT2D eigenvalue weighted by molar-refractivity contribution is 0.399. The van der Waals surface area contributed by atoms with Crippen LogP contribution in [0.1, 0.15) is 6.92 Å². The second-order valence-electron chi connectivity index (χ2n) is 4.18. The number of aliphatic hydroxyl groups is 1. The average molecular weight is 288 g/mol. The molecular formula is C15H17FN4O. The maximum atomic E-state index is 13.0. The second kappa shape index (κ2) is 6.81. The van der Waals surface area contributed by atoms with E-state index in [1.807, 2.05) is 19.2 Å². The molecule has 3 aromatic rings. The lowest BCUT2D eigenvalue weighted by Crippen LogP contribution is -2.01. The molecule has 2 N–H and O–H groups in total. The molecule has 0 atom stereocenters. The molecule has 0 aliphatic rings. The summed E-state index contributed by atoms with van der Waals surface area (Å²) in [6.45, 7) is 2.83. The standard InChI is InChI=1S/C14H13FN4.CH4O/c1-2-16-13-7-8-19-14(18-13)12(9-17-19)10-3-5-11(15)6-4-10;1-2/h3-9H,2H2,1H3,(H,16,18);2H,1H3. The fourth-order valence-electron chi connectivity index (χ4n) is 1.98. The number of benzene rings is 1. The molecule has 21 heavy (non-hydrogen) atoms. The first-order chi connectivity index (χ1) is 10.3. The van der Waals surface area contributed by atoms with Gasteiger partial charge in [-0.25, -0.2) is 13.9 Å². The first kappa shape index (κ1) is 14.9. The molecule has 0 bridgehead atoms.